The second-order valence-corrected chi connectivity index (χ2v) is 6.99. The molecule has 0 fully saturated rings. The lowest BCUT2D eigenvalue weighted by Gasteiger charge is -1.94. The van der Waals surface area contributed by atoms with Crippen LogP contribution in [0.25, 0.3) is 16.8 Å². The Kier molecular flexibility index (Phi) is 2.64. The molecule has 0 aliphatic heterocycles. The van der Waals surface area contributed by atoms with Crippen LogP contribution in [-0.2, 0) is 0 Å². The van der Waals surface area contributed by atoms with Gasteiger partial charge in [0.15, 0.2) is 5.65 Å². The fraction of sp³-hybridized carbons (Fsp3) is 0. The van der Waals surface area contributed by atoms with Crippen molar-refractivity contribution in [3.8, 4) is 11.1 Å². The average molecular weight is 376 g/mol. The van der Waals surface area contributed by atoms with Gasteiger partial charge in [0.05, 0.1) is 20.1 Å². The number of nitrogens with zero attached hydrogens (tertiary/aromatic N) is 3. The molecule has 1 N–H and O–H groups in total. The fourth-order valence-corrected chi connectivity index (χ4v) is 4.38. The van der Waals surface area contributed by atoms with E-state index in [1.165, 1.54) is 10.8 Å². The van der Waals surface area contributed by atoms with Crippen molar-refractivity contribution in [3.05, 3.63) is 36.6 Å². The third-order valence-electron chi connectivity index (χ3n) is 2.26. The molecule has 86 valence electrons. The Morgan fingerprint density at radius 1 is 1.35 bits per heavy atom. The fourth-order valence-electron chi connectivity index (χ4n) is 1.54. The number of aromatic nitrogens is 4. The minimum absolute atomic E-state index is 0.299. The molecule has 0 unspecified atom stereocenters. The number of H-pyrrole nitrogens is 1. The predicted octanol–water partition coefficient (Wildman–Crippen LogP) is 2.67. The molecular weight excluding hydrogens is 372 g/mol. The van der Waals surface area contributed by atoms with Crippen molar-refractivity contribution in [1.82, 2.24) is 19.6 Å². The Hall–Kier alpha value is -0.990. The summed E-state index contributed by atoms with van der Waals surface area (Å²) in [6.07, 6.45) is 3.01. The summed E-state index contributed by atoms with van der Waals surface area (Å²) in [6.45, 7) is 0. The van der Waals surface area contributed by atoms with Crippen LogP contribution in [-0.4, -0.2) is 19.6 Å². The number of rotatable bonds is 1. The lowest BCUT2D eigenvalue weighted by molar-refractivity contribution is 0.840. The third kappa shape index (κ3) is 1.76. The van der Waals surface area contributed by atoms with E-state index < -0.39 is 0 Å². The lowest BCUT2D eigenvalue weighted by atomic mass is 10.2. The molecule has 0 saturated heterocycles. The van der Waals surface area contributed by atoms with Gasteiger partial charge in [0.2, 0.25) is 0 Å². The number of fused-ring (bicyclic) bond motifs is 1. The largest absolute Gasteiger partial charge is 0.349 e. The zero-order valence-corrected chi connectivity index (χ0v) is 12.1. The van der Waals surface area contributed by atoms with Crippen molar-refractivity contribution in [1.29, 1.82) is 0 Å². The summed E-state index contributed by atoms with van der Waals surface area (Å²) in [5.41, 5.74) is 2.03. The number of halogens is 2. The highest BCUT2D eigenvalue weighted by Gasteiger charge is 2.14. The van der Waals surface area contributed by atoms with Crippen molar-refractivity contribution < 1.29 is 0 Å². The van der Waals surface area contributed by atoms with E-state index in [0.29, 0.717) is 5.65 Å². The zero-order valence-electron chi connectivity index (χ0n) is 8.15. The van der Waals surface area contributed by atoms with Crippen LogP contribution in [0.5, 0.6) is 0 Å². The van der Waals surface area contributed by atoms with Crippen LogP contribution in [0, 0.1) is 0 Å². The summed E-state index contributed by atoms with van der Waals surface area (Å²) in [5, 5.41) is 4.02. The summed E-state index contributed by atoms with van der Waals surface area (Å²) in [6, 6.07) is 1.97. The second kappa shape index (κ2) is 4.04. The van der Waals surface area contributed by atoms with Gasteiger partial charge in [0.25, 0.3) is 0 Å². The van der Waals surface area contributed by atoms with E-state index in [1.807, 2.05) is 6.07 Å². The Labute approximate surface area is 116 Å². The first-order valence-corrected chi connectivity index (χ1v) is 6.93. The normalized spacial score (nSPS) is 11.2. The quantitative estimate of drug-likeness (QED) is 0.711. The molecule has 0 radical (unpaired) electrons. The van der Waals surface area contributed by atoms with Crippen LogP contribution in [0.3, 0.4) is 0 Å². The Morgan fingerprint density at radius 2 is 2.18 bits per heavy atom. The molecule has 3 rings (SSSR count). The molecule has 3 aromatic rings. The number of thiophene rings is 1. The monoisotopic (exact) mass is 374 g/mol. The molecule has 17 heavy (non-hydrogen) atoms. The number of nitrogens with one attached hydrogen (secondary N) is 1. The van der Waals surface area contributed by atoms with Gasteiger partial charge in [0.1, 0.15) is 0 Å². The molecule has 3 heterocycles. The first-order chi connectivity index (χ1) is 8.16. The van der Waals surface area contributed by atoms with E-state index in [-0.39, 0.29) is 5.69 Å². The van der Waals surface area contributed by atoms with Crippen molar-refractivity contribution in [3.63, 3.8) is 0 Å². The highest BCUT2D eigenvalue weighted by Crippen LogP contribution is 2.39. The highest BCUT2D eigenvalue weighted by atomic mass is 79.9. The van der Waals surface area contributed by atoms with E-state index in [1.54, 1.807) is 17.5 Å². The van der Waals surface area contributed by atoms with E-state index in [4.69, 9.17) is 0 Å². The summed E-state index contributed by atoms with van der Waals surface area (Å²) in [5.74, 6) is 0. The summed E-state index contributed by atoms with van der Waals surface area (Å²) in [4.78, 5) is 18.1. The van der Waals surface area contributed by atoms with Crippen molar-refractivity contribution in [2.75, 3.05) is 0 Å². The molecule has 0 spiro atoms. The maximum atomic E-state index is 11.5. The zero-order chi connectivity index (χ0) is 12.0. The highest BCUT2D eigenvalue weighted by molar-refractivity contribution is 9.12. The molecule has 0 bridgehead atoms. The number of hydrogen-bond donors (Lipinski definition) is 1. The van der Waals surface area contributed by atoms with Crippen LogP contribution >= 0.6 is 43.2 Å². The van der Waals surface area contributed by atoms with Gasteiger partial charge in [-0.25, -0.2) is 9.78 Å². The van der Waals surface area contributed by atoms with Crippen LogP contribution in [0.2, 0.25) is 0 Å². The maximum absolute atomic E-state index is 11.5. The van der Waals surface area contributed by atoms with Crippen LogP contribution < -0.4 is 5.69 Å². The molecular formula is C9H4Br2N4OS. The predicted molar refractivity (Wildman–Crippen MR) is 72.3 cm³/mol. The Balaban J connectivity index is 2.35. The smallest absolute Gasteiger partial charge is 0.296 e. The third-order valence-corrected chi connectivity index (χ3v) is 4.60. The standard InChI is InChI=1S/C9H4Br2N4OS/c10-6-1-4(7(11)17-6)5-2-14-15-8(5)12-3-13-9(15)16/h1-3H,(H,12,13,16). The molecule has 8 heteroatoms. The van der Waals surface area contributed by atoms with Crippen molar-refractivity contribution in [2.45, 2.75) is 0 Å². The van der Waals surface area contributed by atoms with Crippen molar-refractivity contribution >= 4 is 48.8 Å². The molecule has 0 aliphatic carbocycles. The average Bonchev–Trinajstić information content (AvgIpc) is 2.83. The van der Waals surface area contributed by atoms with Gasteiger partial charge in [-0.15, -0.1) is 11.3 Å². The first kappa shape index (κ1) is 11.1. The van der Waals surface area contributed by atoms with Gasteiger partial charge >= 0.3 is 5.69 Å². The molecule has 0 saturated carbocycles. The molecule has 0 aromatic carbocycles. The maximum Gasteiger partial charge on any atom is 0.349 e. The summed E-state index contributed by atoms with van der Waals surface area (Å²) >= 11 is 8.46. The van der Waals surface area contributed by atoms with Gasteiger partial charge in [-0.05, 0) is 37.9 Å². The first-order valence-electron chi connectivity index (χ1n) is 4.53. The van der Waals surface area contributed by atoms with Gasteiger partial charge in [-0.2, -0.15) is 9.61 Å². The molecule has 5 nitrogen and oxygen atoms in total. The SMILES string of the molecule is O=c1[nH]cnc2c(-c3cc(Br)sc3Br)cnn12. The minimum Gasteiger partial charge on any atom is -0.296 e. The number of hydrogen-bond acceptors (Lipinski definition) is 4. The van der Waals surface area contributed by atoms with Gasteiger partial charge < -0.3 is 0 Å². The Bertz CT molecular complexity index is 760. The molecule has 0 amide bonds. The van der Waals surface area contributed by atoms with Gasteiger partial charge in [0, 0.05) is 11.1 Å². The molecule has 0 aliphatic rings. The molecule has 3 aromatic heterocycles. The summed E-state index contributed by atoms with van der Waals surface area (Å²) in [7, 11) is 0. The minimum atomic E-state index is -0.299. The second-order valence-electron chi connectivity index (χ2n) is 3.24. The van der Waals surface area contributed by atoms with E-state index in [0.717, 1.165) is 18.7 Å². The van der Waals surface area contributed by atoms with E-state index in [2.05, 4.69) is 46.9 Å². The number of aromatic amines is 1. The molecule has 0 atom stereocenters. The summed E-state index contributed by atoms with van der Waals surface area (Å²) < 4.78 is 3.22. The van der Waals surface area contributed by atoms with Gasteiger partial charge in [-0.1, -0.05) is 0 Å². The Morgan fingerprint density at radius 3 is 2.88 bits per heavy atom. The topological polar surface area (TPSA) is 63.0 Å². The lowest BCUT2D eigenvalue weighted by Crippen LogP contribution is -2.17. The van der Waals surface area contributed by atoms with Crippen LogP contribution in [0.1, 0.15) is 0 Å². The van der Waals surface area contributed by atoms with Crippen LogP contribution in [0.15, 0.2) is 31.0 Å². The van der Waals surface area contributed by atoms with Crippen LogP contribution in [0.4, 0.5) is 0 Å². The van der Waals surface area contributed by atoms with E-state index >= 15 is 0 Å². The van der Waals surface area contributed by atoms with Crippen molar-refractivity contribution in [2.24, 2.45) is 0 Å². The van der Waals surface area contributed by atoms with E-state index in [9.17, 15) is 4.79 Å². The van der Waals surface area contributed by atoms with Gasteiger partial charge in [-0.3, -0.25) is 4.98 Å².